The van der Waals surface area contributed by atoms with Crippen molar-refractivity contribution in [2.75, 3.05) is 6.61 Å². The molecule has 0 N–H and O–H groups in total. The number of carbonyl (C=O) groups is 1. The Bertz CT molecular complexity index is 797. The normalized spacial score (nSPS) is 15.3. The molecule has 4 heteroatoms. The summed E-state index contributed by atoms with van der Waals surface area (Å²) in [6.45, 7) is 4.53. The number of hydrogen-bond donors (Lipinski definition) is 0. The molecule has 1 aromatic rings. The Kier molecular flexibility index (Phi) is 8.68. The van der Waals surface area contributed by atoms with E-state index in [1.807, 2.05) is 24.3 Å². The minimum atomic E-state index is -0.614. The lowest BCUT2D eigenvalue weighted by atomic mass is 9.90. The van der Waals surface area contributed by atoms with Gasteiger partial charge in [0.15, 0.2) is 0 Å². The van der Waals surface area contributed by atoms with Crippen molar-refractivity contribution >= 4 is 11.5 Å². The number of benzene rings is 1. The number of nitriles is 1. The van der Waals surface area contributed by atoms with Crippen LogP contribution >= 0.6 is 0 Å². The number of unbranched alkanes of at least 4 members (excludes halogenated alkanes) is 1. The molecule has 1 aliphatic rings. The van der Waals surface area contributed by atoms with E-state index < -0.39 is 5.97 Å². The van der Waals surface area contributed by atoms with Crippen LogP contribution in [0.5, 0.6) is 0 Å². The van der Waals surface area contributed by atoms with Gasteiger partial charge in [-0.3, -0.25) is 0 Å². The quantitative estimate of drug-likeness (QED) is 0.293. The van der Waals surface area contributed by atoms with E-state index in [1.54, 1.807) is 12.1 Å². The average Bonchev–Trinajstić information content (AvgIpc) is 2.73. The van der Waals surface area contributed by atoms with Gasteiger partial charge < -0.3 is 4.74 Å². The molecule has 0 bridgehead atoms. The minimum Gasteiger partial charge on any atom is -0.461 e. The molecular weight excluding hydrogens is 353 g/mol. The third-order valence-electron chi connectivity index (χ3n) is 4.98. The molecule has 0 aromatic heterocycles. The smallest absolute Gasteiger partial charge is 0.349 e. The van der Waals surface area contributed by atoms with Crippen LogP contribution in [-0.2, 0) is 9.53 Å². The van der Waals surface area contributed by atoms with Crippen LogP contribution in [0.15, 0.2) is 53.6 Å². The minimum absolute atomic E-state index is 0.0326. The first kappa shape index (κ1) is 21.6. The van der Waals surface area contributed by atoms with Gasteiger partial charge in [-0.15, -0.1) is 0 Å². The second-order valence-corrected chi connectivity index (χ2v) is 7.02. The van der Waals surface area contributed by atoms with E-state index in [-0.39, 0.29) is 11.4 Å². The maximum absolute atomic E-state index is 13.4. The van der Waals surface area contributed by atoms with E-state index in [4.69, 9.17) is 4.74 Å². The van der Waals surface area contributed by atoms with Gasteiger partial charge in [-0.25, -0.2) is 9.18 Å². The van der Waals surface area contributed by atoms with E-state index in [1.165, 1.54) is 12.1 Å². The maximum atomic E-state index is 13.4. The number of ether oxygens (including phenoxy) is 1. The van der Waals surface area contributed by atoms with Crippen LogP contribution in [-0.4, -0.2) is 12.6 Å². The molecule has 0 aliphatic heterocycles. The third kappa shape index (κ3) is 5.92. The van der Waals surface area contributed by atoms with Crippen molar-refractivity contribution in [2.45, 2.75) is 52.4 Å². The van der Waals surface area contributed by atoms with E-state index in [0.29, 0.717) is 23.7 Å². The fourth-order valence-electron chi connectivity index (χ4n) is 3.24. The molecule has 0 spiro atoms. The Morgan fingerprint density at radius 3 is 2.57 bits per heavy atom. The predicted molar refractivity (Wildman–Crippen MR) is 110 cm³/mol. The van der Waals surface area contributed by atoms with Gasteiger partial charge in [-0.1, -0.05) is 63.5 Å². The summed E-state index contributed by atoms with van der Waals surface area (Å²) in [5.74, 6) is -0.678. The second-order valence-electron chi connectivity index (χ2n) is 7.02. The summed E-state index contributed by atoms with van der Waals surface area (Å²) in [6.07, 6.45) is 11.8. The van der Waals surface area contributed by atoms with Gasteiger partial charge >= 0.3 is 5.97 Å². The molecular formula is C24H28FNO2. The lowest BCUT2D eigenvalue weighted by Gasteiger charge is -2.17. The standard InChI is InChI=1S/C24H28FNO2/c1-3-5-9-18(4-2)17-28-24(27)22(16-26)23(19-10-7-6-8-11-19)20-12-14-21(25)15-13-20/h7,10-15,18H,3-6,8-9,17H2,1-2H3/b23-22-. The highest BCUT2D eigenvalue weighted by atomic mass is 19.1. The lowest BCUT2D eigenvalue weighted by molar-refractivity contribution is -0.139. The summed E-state index contributed by atoms with van der Waals surface area (Å²) >= 11 is 0. The first-order valence-corrected chi connectivity index (χ1v) is 10.0. The molecule has 1 aromatic carbocycles. The Labute approximate surface area is 167 Å². The Morgan fingerprint density at radius 1 is 1.25 bits per heavy atom. The van der Waals surface area contributed by atoms with Crippen molar-refractivity contribution in [3.63, 3.8) is 0 Å². The second kappa shape index (κ2) is 11.2. The number of esters is 1. The molecule has 0 heterocycles. The molecule has 148 valence electrons. The number of hydrogen-bond acceptors (Lipinski definition) is 3. The van der Waals surface area contributed by atoms with Crippen molar-refractivity contribution < 1.29 is 13.9 Å². The summed E-state index contributed by atoms with van der Waals surface area (Å²) in [5.41, 5.74) is 1.90. The van der Waals surface area contributed by atoms with E-state index in [2.05, 4.69) is 13.8 Å². The van der Waals surface area contributed by atoms with Crippen LogP contribution in [0.3, 0.4) is 0 Å². The summed E-state index contributed by atoms with van der Waals surface area (Å²) in [7, 11) is 0. The zero-order valence-corrected chi connectivity index (χ0v) is 16.7. The molecule has 0 radical (unpaired) electrons. The number of nitrogens with zero attached hydrogens (tertiary/aromatic N) is 1. The third-order valence-corrected chi connectivity index (χ3v) is 4.98. The van der Waals surface area contributed by atoms with Crippen molar-refractivity contribution in [1.29, 1.82) is 5.26 Å². The molecule has 1 atom stereocenters. The van der Waals surface area contributed by atoms with Crippen LogP contribution in [0.4, 0.5) is 4.39 Å². The highest BCUT2D eigenvalue weighted by Crippen LogP contribution is 2.31. The van der Waals surface area contributed by atoms with Crippen LogP contribution in [0, 0.1) is 23.1 Å². The van der Waals surface area contributed by atoms with Gasteiger partial charge in [0.1, 0.15) is 17.5 Å². The first-order chi connectivity index (χ1) is 13.6. The SMILES string of the molecule is CCCCC(CC)COC(=O)/C(C#N)=C(/C1=CCCC=C1)c1ccc(F)cc1. The highest BCUT2D eigenvalue weighted by molar-refractivity contribution is 6.05. The number of allylic oxidation sites excluding steroid dienone is 5. The van der Waals surface area contributed by atoms with Crippen molar-refractivity contribution in [1.82, 2.24) is 0 Å². The maximum Gasteiger partial charge on any atom is 0.349 e. The fraction of sp³-hybridized carbons (Fsp3) is 0.417. The summed E-state index contributed by atoms with van der Waals surface area (Å²) < 4.78 is 18.9. The zero-order valence-electron chi connectivity index (χ0n) is 16.7. The largest absolute Gasteiger partial charge is 0.461 e. The van der Waals surface area contributed by atoms with Gasteiger partial charge in [0, 0.05) is 5.57 Å². The molecule has 0 fully saturated rings. The van der Waals surface area contributed by atoms with Gasteiger partial charge in [-0.05, 0) is 48.4 Å². The topological polar surface area (TPSA) is 50.1 Å². The first-order valence-electron chi connectivity index (χ1n) is 10.0. The Balaban J connectivity index is 2.33. The van der Waals surface area contributed by atoms with Gasteiger partial charge in [0.2, 0.25) is 0 Å². The van der Waals surface area contributed by atoms with Crippen molar-refractivity contribution in [3.8, 4) is 6.07 Å². The monoisotopic (exact) mass is 381 g/mol. The lowest BCUT2D eigenvalue weighted by Crippen LogP contribution is -2.16. The van der Waals surface area contributed by atoms with E-state index >= 15 is 0 Å². The Hall–Kier alpha value is -2.67. The molecule has 0 saturated heterocycles. The number of halogens is 1. The van der Waals surface area contributed by atoms with Gasteiger partial charge in [0.05, 0.1) is 6.61 Å². The zero-order chi connectivity index (χ0) is 20.4. The van der Waals surface area contributed by atoms with Crippen LogP contribution < -0.4 is 0 Å². The van der Waals surface area contributed by atoms with Crippen LogP contribution in [0.1, 0.15) is 57.9 Å². The van der Waals surface area contributed by atoms with Crippen LogP contribution in [0.25, 0.3) is 5.57 Å². The summed E-state index contributed by atoms with van der Waals surface area (Å²) in [4.78, 5) is 12.8. The fourth-order valence-corrected chi connectivity index (χ4v) is 3.24. The number of rotatable bonds is 9. The van der Waals surface area contributed by atoms with Gasteiger partial charge in [0.25, 0.3) is 0 Å². The van der Waals surface area contributed by atoms with Crippen molar-refractivity contribution in [2.24, 2.45) is 5.92 Å². The van der Waals surface area contributed by atoms with Crippen molar-refractivity contribution in [3.05, 3.63) is 65.0 Å². The molecule has 1 aliphatic carbocycles. The predicted octanol–water partition coefficient (Wildman–Crippen LogP) is 6.14. The molecule has 0 amide bonds. The van der Waals surface area contributed by atoms with E-state index in [9.17, 15) is 14.4 Å². The molecule has 1 unspecified atom stereocenters. The summed E-state index contributed by atoms with van der Waals surface area (Å²) in [5, 5.41) is 9.74. The molecule has 3 nitrogen and oxygen atoms in total. The Morgan fingerprint density at radius 2 is 2.00 bits per heavy atom. The van der Waals surface area contributed by atoms with Gasteiger partial charge in [-0.2, -0.15) is 5.26 Å². The number of carbonyl (C=O) groups excluding carboxylic acids is 1. The van der Waals surface area contributed by atoms with Crippen LogP contribution in [0.2, 0.25) is 0 Å². The molecule has 2 rings (SSSR count). The molecule has 28 heavy (non-hydrogen) atoms. The summed E-state index contributed by atoms with van der Waals surface area (Å²) in [6, 6.07) is 7.89. The molecule has 0 saturated carbocycles. The average molecular weight is 381 g/mol. The van der Waals surface area contributed by atoms with E-state index in [0.717, 1.165) is 44.1 Å². The highest BCUT2D eigenvalue weighted by Gasteiger charge is 2.22.